The Kier molecular flexibility index (Phi) is 3.92. The summed E-state index contributed by atoms with van der Waals surface area (Å²) < 4.78 is 33.7. The molecule has 3 saturated carbocycles. The zero-order valence-corrected chi connectivity index (χ0v) is 17.9. The van der Waals surface area contributed by atoms with Gasteiger partial charge < -0.3 is 4.74 Å². The molecule has 0 aromatic heterocycles. The molecule has 5 aliphatic rings. The molecular formula is C22H31NO4S. The predicted octanol–water partition coefficient (Wildman–Crippen LogP) is 3.49. The van der Waals surface area contributed by atoms with E-state index < -0.39 is 10.0 Å². The highest BCUT2D eigenvalue weighted by Crippen LogP contribution is 2.70. The SMILES string of the molecule is CCOC(=O)[C@H]1C[C@H]2C=CC(N3[C@H]4C[C@@H]5CC[C@@]4(CS3(=O)=O)C5(C)C)=C[C@@H]1C2. The minimum atomic E-state index is -3.34. The van der Waals surface area contributed by atoms with E-state index in [1.54, 1.807) is 4.31 Å². The monoisotopic (exact) mass is 405 g/mol. The van der Waals surface area contributed by atoms with Gasteiger partial charge in [0.05, 0.1) is 24.3 Å². The normalized spacial score (nSPS) is 44.3. The number of sulfonamides is 1. The van der Waals surface area contributed by atoms with Crippen LogP contribution in [-0.2, 0) is 19.6 Å². The summed E-state index contributed by atoms with van der Waals surface area (Å²) in [4.78, 5) is 12.4. The number of ether oxygens (including phenoxy) is 1. The molecule has 154 valence electrons. The first-order valence-corrected chi connectivity index (χ1v) is 12.4. The smallest absolute Gasteiger partial charge is 0.309 e. The molecule has 1 heterocycles. The Morgan fingerprint density at radius 3 is 2.79 bits per heavy atom. The fraction of sp³-hybridized carbons (Fsp3) is 0.773. The van der Waals surface area contributed by atoms with Gasteiger partial charge in [0.15, 0.2) is 0 Å². The highest BCUT2D eigenvalue weighted by atomic mass is 32.2. The molecule has 1 aliphatic heterocycles. The van der Waals surface area contributed by atoms with Gasteiger partial charge in [-0.3, -0.25) is 9.10 Å². The van der Waals surface area contributed by atoms with Crippen LogP contribution in [0.25, 0.3) is 0 Å². The van der Waals surface area contributed by atoms with Gasteiger partial charge in [0, 0.05) is 11.1 Å². The maximum absolute atomic E-state index is 13.3. The molecule has 5 rings (SSSR count). The van der Waals surface area contributed by atoms with Crippen molar-refractivity contribution in [2.45, 2.75) is 58.9 Å². The molecule has 4 fully saturated rings. The van der Waals surface area contributed by atoms with Crippen molar-refractivity contribution in [3.8, 4) is 0 Å². The van der Waals surface area contributed by atoms with Gasteiger partial charge in [-0.05, 0) is 68.3 Å². The van der Waals surface area contributed by atoms with Crippen molar-refractivity contribution in [1.29, 1.82) is 0 Å². The fourth-order valence-corrected chi connectivity index (χ4v) is 9.88. The molecule has 4 bridgehead atoms. The summed E-state index contributed by atoms with van der Waals surface area (Å²) in [6, 6.07) is 0.0693. The number of rotatable bonds is 3. The lowest BCUT2D eigenvalue weighted by molar-refractivity contribution is -0.148. The number of hydrogen-bond acceptors (Lipinski definition) is 4. The van der Waals surface area contributed by atoms with Crippen molar-refractivity contribution in [3.63, 3.8) is 0 Å². The molecule has 0 aromatic carbocycles. The molecule has 0 unspecified atom stereocenters. The minimum Gasteiger partial charge on any atom is -0.466 e. The zero-order chi connectivity index (χ0) is 19.9. The van der Waals surface area contributed by atoms with Crippen molar-refractivity contribution in [1.82, 2.24) is 4.31 Å². The Morgan fingerprint density at radius 1 is 1.29 bits per heavy atom. The van der Waals surface area contributed by atoms with Crippen molar-refractivity contribution in [2.75, 3.05) is 12.4 Å². The molecule has 1 spiro atoms. The largest absolute Gasteiger partial charge is 0.466 e. The summed E-state index contributed by atoms with van der Waals surface area (Å²) in [5.74, 6) is 0.976. The van der Waals surface area contributed by atoms with Gasteiger partial charge in [0.2, 0.25) is 10.0 Å². The summed E-state index contributed by atoms with van der Waals surface area (Å²) in [5, 5.41) is 0. The molecule has 1 saturated heterocycles. The minimum absolute atomic E-state index is 0.0624. The average Bonchev–Trinajstić information content (AvgIpc) is 3.18. The predicted molar refractivity (Wildman–Crippen MR) is 107 cm³/mol. The van der Waals surface area contributed by atoms with E-state index in [2.05, 4.69) is 26.0 Å². The highest BCUT2D eigenvalue weighted by molar-refractivity contribution is 7.89. The third-order valence-corrected chi connectivity index (χ3v) is 10.8. The first-order chi connectivity index (χ1) is 13.2. The zero-order valence-electron chi connectivity index (χ0n) is 17.1. The number of esters is 1. The lowest BCUT2D eigenvalue weighted by Gasteiger charge is -2.37. The van der Waals surface area contributed by atoms with E-state index in [0.29, 0.717) is 18.4 Å². The van der Waals surface area contributed by atoms with Crippen molar-refractivity contribution < 1.29 is 17.9 Å². The fourth-order valence-electron chi connectivity index (χ4n) is 7.26. The molecule has 4 aliphatic carbocycles. The lowest BCUT2D eigenvalue weighted by Crippen LogP contribution is -2.41. The van der Waals surface area contributed by atoms with Crippen molar-refractivity contribution >= 4 is 16.0 Å². The Morgan fingerprint density at radius 2 is 2.07 bits per heavy atom. The van der Waals surface area contributed by atoms with E-state index in [0.717, 1.165) is 37.8 Å². The second-order valence-corrected chi connectivity index (χ2v) is 12.0. The molecule has 0 amide bonds. The van der Waals surface area contributed by atoms with Gasteiger partial charge in [0.25, 0.3) is 0 Å². The van der Waals surface area contributed by atoms with Gasteiger partial charge in [-0.25, -0.2) is 8.42 Å². The first kappa shape index (κ1) is 18.7. The van der Waals surface area contributed by atoms with Crippen LogP contribution in [0.2, 0.25) is 0 Å². The Balaban J connectivity index is 1.52. The summed E-state index contributed by atoms with van der Waals surface area (Å²) >= 11 is 0. The summed E-state index contributed by atoms with van der Waals surface area (Å²) in [6.07, 6.45) is 11.1. The van der Waals surface area contributed by atoms with Crippen LogP contribution in [0.4, 0.5) is 0 Å². The number of hydrogen-bond donors (Lipinski definition) is 0. The van der Waals surface area contributed by atoms with Crippen molar-refractivity contribution in [2.24, 2.45) is 34.5 Å². The summed E-state index contributed by atoms with van der Waals surface area (Å²) in [7, 11) is -3.34. The Hall–Kier alpha value is -1.30. The van der Waals surface area contributed by atoms with Crippen LogP contribution in [0.1, 0.15) is 52.9 Å². The van der Waals surface area contributed by atoms with Gasteiger partial charge in [-0.15, -0.1) is 0 Å². The van der Waals surface area contributed by atoms with Gasteiger partial charge in [-0.1, -0.05) is 26.0 Å². The van der Waals surface area contributed by atoms with Crippen LogP contribution in [0.15, 0.2) is 23.9 Å². The van der Waals surface area contributed by atoms with Crippen LogP contribution >= 0.6 is 0 Å². The molecule has 0 aromatic rings. The number of carbonyl (C=O) groups excluding carboxylic acids is 1. The molecule has 0 N–H and O–H groups in total. The van der Waals surface area contributed by atoms with E-state index >= 15 is 0 Å². The Bertz CT molecular complexity index is 873. The maximum atomic E-state index is 13.3. The molecule has 5 nitrogen and oxygen atoms in total. The van der Waals surface area contributed by atoms with Crippen LogP contribution in [0.5, 0.6) is 0 Å². The van der Waals surface area contributed by atoms with Gasteiger partial charge in [-0.2, -0.15) is 0 Å². The first-order valence-electron chi connectivity index (χ1n) is 10.8. The topological polar surface area (TPSA) is 63.7 Å². The van der Waals surface area contributed by atoms with Gasteiger partial charge >= 0.3 is 5.97 Å². The number of allylic oxidation sites excluding steroid dienone is 3. The third kappa shape index (κ3) is 2.30. The van der Waals surface area contributed by atoms with Crippen LogP contribution in [0, 0.1) is 34.5 Å². The summed E-state index contributed by atoms with van der Waals surface area (Å²) in [6.45, 7) is 6.78. The second kappa shape index (κ2) is 5.87. The quantitative estimate of drug-likeness (QED) is 0.675. The molecular weight excluding hydrogens is 374 g/mol. The second-order valence-electron chi connectivity index (χ2n) is 10.1. The van der Waals surface area contributed by atoms with Crippen LogP contribution in [0.3, 0.4) is 0 Å². The highest BCUT2D eigenvalue weighted by Gasteiger charge is 2.71. The van der Waals surface area contributed by atoms with Crippen molar-refractivity contribution in [3.05, 3.63) is 23.9 Å². The van der Waals surface area contributed by atoms with E-state index in [1.807, 2.05) is 13.0 Å². The number of carbonyl (C=O) groups is 1. The standard InChI is InChI=1S/C22H31NO4S/c1-4-27-20(24)18-10-14-5-6-17(11-15(18)9-14)23-19-12-16-7-8-22(19,21(16,2)3)13-28(23,25)26/h5-6,11,14-16,18-19H,4,7-10,12-13H2,1-3H3/t14-,15-,16-,18-,19-,22-/m0/s1. The van der Waals surface area contributed by atoms with E-state index in [9.17, 15) is 13.2 Å². The lowest BCUT2D eigenvalue weighted by atomic mass is 9.69. The van der Waals surface area contributed by atoms with E-state index in [4.69, 9.17) is 4.74 Å². The third-order valence-electron chi connectivity index (χ3n) is 8.83. The summed E-state index contributed by atoms with van der Waals surface area (Å²) in [5.41, 5.74) is 0.740. The molecule has 28 heavy (non-hydrogen) atoms. The van der Waals surface area contributed by atoms with E-state index in [-0.39, 0.29) is 40.4 Å². The number of fused-ring (bicyclic) bond motifs is 3. The van der Waals surface area contributed by atoms with Gasteiger partial charge in [0.1, 0.15) is 0 Å². The van der Waals surface area contributed by atoms with Crippen LogP contribution < -0.4 is 0 Å². The van der Waals surface area contributed by atoms with Crippen LogP contribution in [-0.4, -0.2) is 37.1 Å². The average molecular weight is 406 g/mol. The molecule has 6 atom stereocenters. The Labute approximate surface area is 168 Å². The maximum Gasteiger partial charge on any atom is 0.309 e. The molecule has 0 radical (unpaired) electrons. The molecule has 6 heteroatoms. The van der Waals surface area contributed by atoms with E-state index in [1.165, 1.54) is 0 Å². The number of nitrogens with zero attached hydrogens (tertiary/aromatic N) is 1.